The Morgan fingerprint density at radius 2 is 1.86 bits per heavy atom. The standard InChI is InChI=1S/C34H47N3O5/c1-19-13-24(11-12-26(19)33(41)36(6)7)23-10-8-9-22(14-23)17-37-31(30(21(3)39)29(18-38)42-37)32(40)35-28-16-25-15-27(20(28)2)34(25,4)5/h8-14,20-21,25,27-31,38-39H,15-18H2,1-7H3,(H,35,40)/t20-,21-,25+,27-,28-,29-,30+,31-/m0/s1. The van der Waals surface area contributed by atoms with Crippen LogP contribution in [0.4, 0.5) is 0 Å². The number of fused-ring (bicyclic) bond motifs is 2. The highest BCUT2D eigenvalue weighted by Crippen LogP contribution is 2.61. The molecule has 228 valence electrons. The molecule has 2 amide bonds. The number of carbonyl (C=O) groups is 2. The summed E-state index contributed by atoms with van der Waals surface area (Å²) in [6.07, 6.45) is 0.681. The van der Waals surface area contributed by atoms with E-state index in [2.05, 4.69) is 32.2 Å². The Morgan fingerprint density at radius 1 is 1.14 bits per heavy atom. The zero-order valence-corrected chi connectivity index (χ0v) is 26.0. The van der Waals surface area contributed by atoms with Crippen LogP contribution in [-0.2, 0) is 16.2 Å². The Bertz CT molecular complexity index is 1320. The molecule has 1 saturated heterocycles. The van der Waals surface area contributed by atoms with E-state index in [0.717, 1.165) is 28.7 Å². The van der Waals surface area contributed by atoms with Crippen LogP contribution in [0.15, 0.2) is 42.5 Å². The molecule has 2 aromatic rings. The highest BCUT2D eigenvalue weighted by Gasteiger charge is 2.57. The van der Waals surface area contributed by atoms with Gasteiger partial charge in [0.2, 0.25) is 5.91 Å². The Hall–Kier alpha value is -2.78. The summed E-state index contributed by atoms with van der Waals surface area (Å²) in [5.41, 5.74) is 4.81. The SMILES string of the molecule is Cc1cc(-c2cccc(CN3O[C@@H](CO)[C@@H]([C@H](C)O)[C@H]3C(=O)N[C@H]3C[C@H]4C[C@@H]([C@@H]3C)C4(C)C)c2)ccc1C(=O)N(C)C. The lowest BCUT2D eigenvalue weighted by molar-refractivity contribution is -0.183. The molecule has 0 radical (unpaired) electrons. The minimum atomic E-state index is -0.836. The second-order valence-corrected chi connectivity index (χ2v) is 13.7. The molecule has 4 aliphatic rings. The van der Waals surface area contributed by atoms with Gasteiger partial charge in [-0.15, -0.1) is 0 Å². The molecule has 1 heterocycles. The maximum absolute atomic E-state index is 13.9. The van der Waals surface area contributed by atoms with Crippen molar-refractivity contribution in [1.29, 1.82) is 0 Å². The van der Waals surface area contributed by atoms with Gasteiger partial charge >= 0.3 is 0 Å². The number of amides is 2. The smallest absolute Gasteiger partial charge is 0.253 e. The van der Waals surface area contributed by atoms with Gasteiger partial charge < -0.3 is 20.4 Å². The van der Waals surface area contributed by atoms with Gasteiger partial charge in [0.15, 0.2) is 0 Å². The van der Waals surface area contributed by atoms with Gasteiger partial charge in [-0.25, -0.2) is 0 Å². The van der Waals surface area contributed by atoms with Gasteiger partial charge in [0.25, 0.3) is 5.91 Å². The molecule has 0 spiro atoms. The fourth-order valence-electron chi connectivity index (χ4n) is 7.84. The van der Waals surface area contributed by atoms with E-state index in [1.165, 1.54) is 6.42 Å². The highest BCUT2D eigenvalue weighted by atomic mass is 16.7. The number of aliphatic hydroxyl groups is 2. The summed E-state index contributed by atoms with van der Waals surface area (Å²) < 4.78 is 0. The maximum Gasteiger partial charge on any atom is 0.253 e. The molecule has 1 aliphatic heterocycles. The van der Waals surface area contributed by atoms with Crippen LogP contribution in [0.1, 0.15) is 62.0 Å². The zero-order valence-electron chi connectivity index (χ0n) is 26.0. The number of carbonyl (C=O) groups excluding carboxylic acids is 2. The summed E-state index contributed by atoms with van der Waals surface area (Å²) in [6, 6.07) is 13.2. The van der Waals surface area contributed by atoms with Crippen LogP contribution >= 0.6 is 0 Å². The molecule has 0 aromatic heterocycles. The quantitative estimate of drug-likeness (QED) is 0.438. The van der Waals surface area contributed by atoms with E-state index in [9.17, 15) is 19.8 Å². The third kappa shape index (κ3) is 5.50. The minimum Gasteiger partial charge on any atom is -0.394 e. The molecule has 2 aromatic carbocycles. The maximum atomic E-state index is 13.9. The Kier molecular flexibility index (Phi) is 8.56. The number of nitrogens with one attached hydrogen (secondary N) is 1. The largest absolute Gasteiger partial charge is 0.394 e. The van der Waals surface area contributed by atoms with Gasteiger partial charge in [-0.3, -0.25) is 14.4 Å². The van der Waals surface area contributed by atoms with E-state index in [4.69, 9.17) is 4.84 Å². The predicted molar refractivity (Wildman–Crippen MR) is 162 cm³/mol. The van der Waals surface area contributed by atoms with Crippen molar-refractivity contribution >= 4 is 11.8 Å². The second-order valence-electron chi connectivity index (χ2n) is 13.7. The van der Waals surface area contributed by atoms with Crippen LogP contribution in [0.3, 0.4) is 0 Å². The van der Waals surface area contributed by atoms with E-state index >= 15 is 0 Å². The Balaban J connectivity index is 1.36. The normalized spacial score (nSPS) is 30.8. The monoisotopic (exact) mass is 577 g/mol. The molecular weight excluding hydrogens is 530 g/mol. The molecular formula is C34H47N3O5. The molecule has 4 fully saturated rings. The van der Waals surface area contributed by atoms with Crippen LogP contribution in [0, 0.1) is 36.0 Å². The summed E-state index contributed by atoms with van der Waals surface area (Å²) in [5, 5.41) is 25.8. The molecule has 3 N–H and O–H groups in total. The van der Waals surface area contributed by atoms with Gasteiger partial charge in [0.05, 0.1) is 19.3 Å². The molecule has 6 rings (SSSR count). The van der Waals surface area contributed by atoms with Gasteiger partial charge in [-0.2, -0.15) is 5.06 Å². The summed E-state index contributed by atoms with van der Waals surface area (Å²) in [4.78, 5) is 34.1. The number of benzene rings is 2. The Labute approximate surface area is 250 Å². The van der Waals surface area contributed by atoms with Crippen LogP contribution in [-0.4, -0.2) is 77.0 Å². The molecule has 0 unspecified atom stereocenters. The second kappa shape index (κ2) is 11.7. The lowest BCUT2D eigenvalue weighted by Crippen LogP contribution is -2.62. The summed E-state index contributed by atoms with van der Waals surface area (Å²) in [5.74, 6) is 0.838. The van der Waals surface area contributed by atoms with Crippen molar-refractivity contribution in [2.24, 2.45) is 29.1 Å². The fraction of sp³-hybridized carbons (Fsp3) is 0.588. The number of aryl methyl sites for hydroxylation is 1. The summed E-state index contributed by atoms with van der Waals surface area (Å²) in [6.45, 7) is 10.6. The van der Waals surface area contributed by atoms with E-state index in [0.29, 0.717) is 35.3 Å². The van der Waals surface area contributed by atoms with Gasteiger partial charge in [-0.1, -0.05) is 51.1 Å². The summed E-state index contributed by atoms with van der Waals surface area (Å²) >= 11 is 0. The van der Waals surface area contributed by atoms with Crippen molar-refractivity contribution in [2.75, 3.05) is 20.7 Å². The van der Waals surface area contributed by atoms with Crippen molar-refractivity contribution in [3.8, 4) is 11.1 Å². The van der Waals surface area contributed by atoms with E-state index in [-0.39, 0.29) is 24.5 Å². The molecule has 42 heavy (non-hydrogen) atoms. The predicted octanol–water partition coefficient (Wildman–Crippen LogP) is 4.02. The first-order valence-corrected chi connectivity index (χ1v) is 15.3. The lowest BCUT2D eigenvalue weighted by Gasteiger charge is -2.62. The lowest BCUT2D eigenvalue weighted by atomic mass is 9.45. The minimum absolute atomic E-state index is 0.0298. The number of nitrogens with zero attached hydrogens (tertiary/aromatic N) is 2. The third-order valence-corrected chi connectivity index (χ3v) is 10.5. The number of hydrogen-bond donors (Lipinski definition) is 3. The van der Waals surface area contributed by atoms with Crippen LogP contribution in [0.2, 0.25) is 0 Å². The average molecular weight is 578 g/mol. The van der Waals surface area contributed by atoms with E-state index < -0.39 is 24.2 Å². The topological polar surface area (TPSA) is 102 Å². The first-order valence-electron chi connectivity index (χ1n) is 15.3. The van der Waals surface area contributed by atoms with Crippen molar-refractivity contribution < 1.29 is 24.6 Å². The fourth-order valence-corrected chi connectivity index (χ4v) is 7.84. The third-order valence-electron chi connectivity index (χ3n) is 10.5. The van der Waals surface area contributed by atoms with Crippen LogP contribution < -0.4 is 5.32 Å². The van der Waals surface area contributed by atoms with Crippen molar-refractivity contribution in [3.05, 3.63) is 59.2 Å². The molecule has 2 bridgehead atoms. The van der Waals surface area contributed by atoms with Gasteiger partial charge in [0.1, 0.15) is 12.1 Å². The Morgan fingerprint density at radius 3 is 2.45 bits per heavy atom. The first-order chi connectivity index (χ1) is 19.8. The van der Waals surface area contributed by atoms with Crippen molar-refractivity contribution in [3.63, 3.8) is 0 Å². The highest BCUT2D eigenvalue weighted by molar-refractivity contribution is 5.96. The number of aliphatic hydroxyl groups excluding tert-OH is 2. The van der Waals surface area contributed by atoms with Gasteiger partial charge in [0, 0.05) is 31.6 Å². The van der Waals surface area contributed by atoms with Gasteiger partial charge in [-0.05, 0) is 84.2 Å². The van der Waals surface area contributed by atoms with E-state index in [1.807, 2.05) is 43.3 Å². The molecule has 3 aliphatic carbocycles. The molecule has 3 saturated carbocycles. The number of hydrogen-bond acceptors (Lipinski definition) is 6. The zero-order chi connectivity index (χ0) is 30.5. The van der Waals surface area contributed by atoms with Crippen LogP contribution in [0.5, 0.6) is 0 Å². The molecule has 8 atom stereocenters. The first kappa shape index (κ1) is 30.7. The van der Waals surface area contributed by atoms with E-state index in [1.54, 1.807) is 31.0 Å². The van der Waals surface area contributed by atoms with Crippen molar-refractivity contribution in [1.82, 2.24) is 15.3 Å². The number of hydroxylamine groups is 2. The molecule has 8 nitrogen and oxygen atoms in total. The van der Waals surface area contributed by atoms with Crippen LogP contribution in [0.25, 0.3) is 11.1 Å². The average Bonchev–Trinajstić information content (AvgIpc) is 3.32. The summed E-state index contributed by atoms with van der Waals surface area (Å²) in [7, 11) is 3.49. The molecule has 8 heteroatoms. The number of rotatable bonds is 8. The van der Waals surface area contributed by atoms with Crippen molar-refractivity contribution in [2.45, 2.75) is 78.3 Å².